The topological polar surface area (TPSA) is 52.7 Å². The highest BCUT2D eigenvalue weighted by Crippen LogP contribution is 2.40. The Balaban J connectivity index is 1.24. The van der Waals surface area contributed by atoms with Crippen molar-refractivity contribution in [1.82, 2.24) is 10.2 Å². The smallest absolute Gasteiger partial charge is 0.226 e. The lowest BCUT2D eigenvalue weighted by Gasteiger charge is -2.36. The van der Waals surface area contributed by atoms with Gasteiger partial charge in [0.2, 0.25) is 11.8 Å². The quantitative estimate of drug-likeness (QED) is 0.871. The van der Waals surface area contributed by atoms with Crippen LogP contribution in [0.1, 0.15) is 17.5 Å². The zero-order chi connectivity index (χ0) is 19.5. The highest BCUT2D eigenvalue weighted by atomic mass is 16.2. The molecule has 0 spiro atoms. The summed E-state index contributed by atoms with van der Waals surface area (Å²) < 4.78 is 0. The number of nitrogens with one attached hydrogen (secondary N) is 1. The van der Waals surface area contributed by atoms with E-state index < -0.39 is 0 Å². The molecule has 2 fully saturated rings. The maximum absolute atomic E-state index is 12.8. The highest BCUT2D eigenvalue weighted by Gasteiger charge is 2.49. The third-order valence-corrected chi connectivity index (χ3v) is 5.71. The van der Waals surface area contributed by atoms with Gasteiger partial charge in [0, 0.05) is 38.4 Å². The van der Waals surface area contributed by atoms with Crippen LogP contribution < -0.4 is 10.2 Å². The summed E-state index contributed by atoms with van der Waals surface area (Å²) in [5, 5.41) is 2.99. The molecule has 1 aliphatic heterocycles. The molecule has 2 aliphatic rings. The number of benzene rings is 2. The molecule has 0 radical (unpaired) electrons. The minimum atomic E-state index is -0.163. The van der Waals surface area contributed by atoms with Crippen LogP contribution in [0.5, 0.6) is 0 Å². The summed E-state index contributed by atoms with van der Waals surface area (Å²) in [6.07, 6.45) is 0.678. The number of nitrogens with zero attached hydrogens (tertiary/aromatic N) is 2. The number of carbonyl (C=O) groups is 2. The predicted molar refractivity (Wildman–Crippen MR) is 110 cm³/mol. The van der Waals surface area contributed by atoms with E-state index in [1.807, 2.05) is 48.2 Å². The van der Waals surface area contributed by atoms with Crippen molar-refractivity contribution in [3.05, 3.63) is 65.7 Å². The molecule has 2 aromatic rings. The molecule has 2 aromatic carbocycles. The SMILES string of the molecule is Cc1cccc(CNC(=O)C2CC2C(=O)N2CCN(c3ccccc3)CC2)c1. The van der Waals surface area contributed by atoms with Gasteiger partial charge in [0.15, 0.2) is 0 Å². The molecule has 2 atom stereocenters. The summed E-state index contributed by atoms with van der Waals surface area (Å²) in [5.74, 6) is -0.156. The lowest BCUT2D eigenvalue weighted by Crippen LogP contribution is -2.49. The molecule has 1 heterocycles. The molecule has 146 valence electrons. The zero-order valence-corrected chi connectivity index (χ0v) is 16.3. The molecule has 28 heavy (non-hydrogen) atoms. The Kier molecular flexibility index (Phi) is 5.33. The van der Waals surface area contributed by atoms with Gasteiger partial charge in [0.05, 0.1) is 11.8 Å². The number of carbonyl (C=O) groups excluding carboxylic acids is 2. The molecule has 4 rings (SSSR count). The van der Waals surface area contributed by atoms with E-state index in [1.54, 1.807) is 0 Å². The van der Waals surface area contributed by atoms with E-state index in [9.17, 15) is 9.59 Å². The van der Waals surface area contributed by atoms with Gasteiger partial charge in [-0.1, -0.05) is 48.0 Å². The van der Waals surface area contributed by atoms with Crippen molar-refractivity contribution in [3.63, 3.8) is 0 Å². The van der Waals surface area contributed by atoms with Crippen LogP contribution in [0.4, 0.5) is 5.69 Å². The maximum atomic E-state index is 12.8. The molecule has 5 nitrogen and oxygen atoms in total. The lowest BCUT2D eigenvalue weighted by molar-refractivity contribution is -0.135. The van der Waals surface area contributed by atoms with Crippen LogP contribution in [0.3, 0.4) is 0 Å². The van der Waals surface area contributed by atoms with Crippen molar-refractivity contribution < 1.29 is 9.59 Å². The minimum Gasteiger partial charge on any atom is -0.368 e. The van der Waals surface area contributed by atoms with E-state index in [2.05, 4.69) is 28.4 Å². The van der Waals surface area contributed by atoms with Crippen molar-refractivity contribution >= 4 is 17.5 Å². The second-order valence-corrected chi connectivity index (χ2v) is 7.80. The van der Waals surface area contributed by atoms with Crippen LogP contribution in [0.2, 0.25) is 0 Å². The van der Waals surface area contributed by atoms with Gasteiger partial charge in [-0.3, -0.25) is 9.59 Å². The van der Waals surface area contributed by atoms with Crippen LogP contribution in [-0.4, -0.2) is 42.9 Å². The highest BCUT2D eigenvalue weighted by molar-refractivity contribution is 5.92. The number of anilines is 1. The second kappa shape index (κ2) is 8.05. The molecule has 5 heteroatoms. The van der Waals surface area contributed by atoms with Gasteiger partial charge in [-0.25, -0.2) is 0 Å². The zero-order valence-electron chi connectivity index (χ0n) is 16.3. The first kappa shape index (κ1) is 18.5. The van der Waals surface area contributed by atoms with Crippen LogP contribution in [0.25, 0.3) is 0 Å². The normalized spacial score (nSPS) is 21.3. The van der Waals surface area contributed by atoms with Gasteiger partial charge in [0.25, 0.3) is 0 Å². The Hall–Kier alpha value is -2.82. The van der Waals surface area contributed by atoms with Crippen molar-refractivity contribution in [2.24, 2.45) is 11.8 Å². The second-order valence-electron chi connectivity index (χ2n) is 7.80. The molecular weight excluding hydrogens is 350 g/mol. The summed E-state index contributed by atoms with van der Waals surface area (Å²) in [4.78, 5) is 29.4. The van der Waals surface area contributed by atoms with E-state index in [1.165, 1.54) is 11.3 Å². The van der Waals surface area contributed by atoms with E-state index in [-0.39, 0.29) is 23.7 Å². The van der Waals surface area contributed by atoms with Crippen LogP contribution >= 0.6 is 0 Å². The number of hydrogen-bond acceptors (Lipinski definition) is 3. The van der Waals surface area contributed by atoms with Gasteiger partial charge >= 0.3 is 0 Å². The van der Waals surface area contributed by atoms with Crippen molar-refractivity contribution in [2.45, 2.75) is 19.9 Å². The van der Waals surface area contributed by atoms with Crippen molar-refractivity contribution in [1.29, 1.82) is 0 Å². The molecule has 0 aromatic heterocycles. The molecule has 0 bridgehead atoms. The summed E-state index contributed by atoms with van der Waals surface area (Å²) >= 11 is 0. The Morgan fingerprint density at radius 1 is 0.964 bits per heavy atom. The van der Waals surface area contributed by atoms with Crippen molar-refractivity contribution in [3.8, 4) is 0 Å². The monoisotopic (exact) mass is 377 g/mol. The van der Waals surface area contributed by atoms with Crippen molar-refractivity contribution in [2.75, 3.05) is 31.1 Å². The number of piperazine rings is 1. The number of aryl methyl sites for hydroxylation is 1. The molecule has 1 aliphatic carbocycles. The third kappa shape index (κ3) is 4.19. The van der Waals surface area contributed by atoms with E-state index in [0.717, 1.165) is 31.7 Å². The first-order chi connectivity index (χ1) is 13.6. The van der Waals surface area contributed by atoms with Gasteiger partial charge in [-0.2, -0.15) is 0 Å². The fourth-order valence-electron chi connectivity index (χ4n) is 3.96. The molecule has 2 amide bonds. The molecule has 1 saturated heterocycles. The van der Waals surface area contributed by atoms with Gasteiger partial charge in [0.1, 0.15) is 0 Å². The largest absolute Gasteiger partial charge is 0.368 e. The van der Waals surface area contributed by atoms with E-state index in [4.69, 9.17) is 0 Å². The van der Waals surface area contributed by atoms with Crippen LogP contribution in [0.15, 0.2) is 54.6 Å². The average molecular weight is 377 g/mol. The first-order valence-corrected chi connectivity index (χ1v) is 10.0. The average Bonchev–Trinajstić information content (AvgIpc) is 3.53. The summed E-state index contributed by atoms with van der Waals surface area (Å²) in [7, 11) is 0. The minimum absolute atomic E-state index is 0.00257. The Morgan fingerprint density at radius 3 is 2.43 bits per heavy atom. The number of amides is 2. The summed E-state index contributed by atoms with van der Waals surface area (Å²) in [6.45, 7) is 5.69. The fraction of sp³-hybridized carbons (Fsp3) is 0.391. The number of hydrogen-bond donors (Lipinski definition) is 1. The molecule has 1 N–H and O–H groups in total. The summed E-state index contributed by atoms with van der Waals surface area (Å²) in [6, 6.07) is 18.4. The third-order valence-electron chi connectivity index (χ3n) is 5.71. The lowest BCUT2D eigenvalue weighted by atomic mass is 10.1. The van der Waals surface area contributed by atoms with Gasteiger partial charge in [-0.15, -0.1) is 0 Å². The number of para-hydroxylation sites is 1. The Bertz CT molecular complexity index is 844. The standard InChI is InChI=1S/C23H27N3O2/c1-17-6-5-7-18(14-17)16-24-22(27)20-15-21(20)23(28)26-12-10-25(11-13-26)19-8-3-2-4-9-19/h2-9,14,20-21H,10-13,15-16H2,1H3,(H,24,27). The summed E-state index contributed by atoms with van der Waals surface area (Å²) in [5.41, 5.74) is 3.48. The van der Waals surface area contributed by atoms with E-state index >= 15 is 0 Å². The molecule has 2 unspecified atom stereocenters. The van der Waals surface area contributed by atoms with Crippen LogP contribution in [0, 0.1) is 18.8 Å². The Morgan fingerprint density at radius 2 is 1.71 bits per heavy atom. The molecule has 1 saturated carbocycles. The van der Waals surface area contributed by atoms with Gasteiger partial charge in [-0.05, 0) is 31.0 Å². The predicted octanol–water partition coefficient (Wildman–Crippen LogP) is 2.60. The molecular formula is C23H27N3O2. The Labute approximate surface area is 166 Å². The van der Waals surface area contributed by atoms with Crippen LogP contribution in [-0.2, 0) is 16.1 Å². The first-order valence-electron chi connectivity index (χ1n) is 10.0. The van der Waals surface area contributed by atoms with E-state index in [0.29, 0.717) is 13.0 Å². The fourth-order valence-corrected chi connectivity index (χ4v) is 3.96. The van der Waals surface area contributed by atoms with Gasteiger partial charge < -0.3 is 15.1 Å². The maximum Gasteiger partial charge on any atom is 0.226 e. The number of rotatable bonds is 5.